The van der Waals surface area contributed by atoms with Gasteiger partial charge in [0.1, 0.15) is 0 Å². The number of thioether (sulfide) groups is 1. The van der Waals surface area contributed by atoms with Gasteiger partial charge in [-0.1, -0.05) is 0 Å². The summed E-state index contributed by atoms with van der Waals surface area (Å²) in [5, 5.41) is 3.46. The van der Waals surface area contributed by atoms with Crippen LogP contribution in [0.3, 0.4) is 0 Å². The Morgan fingerprint density at radius 1 is 1.58 bits per heavy atom. The second-order valence-electron chi connectivity index (χ2n) is 3.50. The highest BCUT2D eigenvalue weighted by molar-refractivity contribution is 7.98. The molecule has 12 heavy (non-hydrogen) atoms. The number of hydrogen-bond acceptors (Lipinski definition) is 3. The highest BCUT2D eigenvalue weighted by Crippen LogP contribution is 2.02. The zero-order chi connectivity index (χ0) is 8.81. The molecule has 1 N–H and O–H groups in total. The van der Waals surface area contributed by atoms with Crippen molar-refractivity contribution in [3.63, 3.8) is 0 Å². The van der Waals surface area contributed by atoms with Crippen LogP contribution >= 0.6 is 11.8 Å². The fourth-order valence-electron chi connectivity index (χ4n) is 1.65. The minimum Gasteiger partial charge on any atom is -0.312 e. The molecule has 0 unspecified atom stereocenters. The predicted octanol–water partition coefficient (Wildman–Crippen LogP) is 1.03. The van der Waals surface area contributed by atoms with Crippen LogP contribution in [0.5, 0.6) is 0 Å². The lowest BCUT2D eigenvalue weighted by atomic mass is 10.2. The first-order valence-electron chi connectivity index (χ1n) is 4.77. The molecular weight excluding hydrogens is 168 g/mol. The summed E-state index contributed by atoms with van der Waals surface area (Å²) in [4.78, 5) is 2.57. The molecule has 0 bridgehead atoms. The van der Waals surface area contributed by atoms with Crippen molar-refractivity contribution >= 4 is 11.8 Å². The highest BCUT2D eigenvalue weighted by atomic mass is 32.2. The quantitative estimate of drug-likeness (QED) is 0.664. The van der Waals surface area contributed by atoms with Gasteiger partial charge in [-0.15, -0.1) is 0 Å². The van der Waals surface area contributed by atoms with E-state index in [1.165, 1.54) is 38.4 Å². The van der Waals surface area contributed by atoms with Gasteiger partial charge in [-0.25, -0.2) is 0 Å². The van der Waals surface area contributed by atoms with Gasteiger partial charge >= 0.3 is 0 Å². The summed E-state index contributed by atoms with van der Waals surface area (Å²) >= 11 is 1.95. The fraction of sp³-hybridized carbons (Fsp3) is 1.00. The molecule has 0 amide bonds. The highest BCUT2D eigenvalue weighted by Gasteiger charge is 2.13. The Kier molecular flexibility index (Phi) is 5.04. The zero-order valence-corrected chi connectivity index (χ0v) is 8.99. The van der Waals surface area contributed by atoms with E-state index >= 15 is 0 Å². The molecule has 0 saturated carbocycles. The number of piperazine rings is 1. The summed E-state index contributed by atoms with van der Waals surface area (Å²) in [7, 11) is 0. The van der Waals surface area contributed by atoms with Gasteiger partial charge < -0.3 is 10.2 Å². The summed E-state index contributed by atoms with van der Waals surface area (Å²) in [6.45, 7) is 7.18. The van der Waals surface area contributed by atoms with Crippen molar-refractivity contribution in [3.8, 4) is 0 Å². The lowest BCUT2D eigenvalue weighted by molar-refractivity contribution is 0.208. The molecule has 0 aliphatic carbocycles. The van der Waals surface area contributed by atoms with Crippen LogP contribution < -0.4 is 5.32 Å². The molecule has 3 heteroatoms. The van der Waals surface area contributed by atoms with Gasteiger partial charge in [-0.2, -0.15) is 11.8 Å². The molecule has 0 radical (unpaired) electrons. The SMILES string of the molecule is CSCCCN1CCN[C@@H](C)C1. The van der Waals surface area contributed by atoms with Crippen LogP contribution in [0, 0.1) is 0 Å². The molecular formula is C9H20N2S. The average molecular weight is 188 g/mol. The molecule has 0 aromatic carbocycles. The third kappa shape index (κ3) is 3.78. The third-order valence-electron chi connectivity index (χ3n) is 2.28. The van der Waals surface area contributed by atoms with Crippen LogP contribution in [0.1, 0.15) is 13.3 Å². The Labute approximate surface area is 80.1 Å². The molecule has 1 heterocycles. The Morgan fingerprint density at radius 3 is 3.08 bits per heavy atom. The van der Waals surface area contributed by atoms with E-state index in [9.17, 15) is 0 Å². The molecule has 1 aliphatic rings. The Balaban J connectivity index is 2.06. The first kappa shape index (κ1) is 10.4. The van der Waals surface area contributed by atoms with Crippen molar-refractivity contribution in [1.82, 2.24) is 10.2 Å². The van der Waals surface area contributed by atoms with Crippen molar-refractivity contribution in [1.29, 1.82) is 0 Å². The summed E-state index contributed by atoms with van der Waals surface area (Å²) in [5.74, 6) is 1.30. The Morgan fingerprint density at radius 2 is 2.42 bits per heavy atom. The van der Waals surface area contributed by atoms with E-state index in [-0.39, 0.29) is 0 Å². The summed E-state index contributed by atoms with van der Waals surface area (Å²) < 4.78 is 0. The molecule has 1 fully saturated rings. The third-order valence-corrected chi connectivity index (χ3v) is 2.97. The van der Waals surface area contributed by atoms with E-state index in [0.717, 1.165) is 0 Å². The molecule has 1 aliphatic heterocycles. The lowest BCUT2D eigenvalue weighted by Gasteiger charge is -2.31. The monoisotopic (exact) mass is 188 g/mol. The molecule has 0 aromatic heterocycles. The van der Waals surface area contributed by atoms with Gasteiger partial charge in [0.2, 0.25) is 0 Å². The van der Waals surface area contributed by atoms with Gasteiger partial charge in [0.25, 0.3) is 0 Å². The van der Waals surface area contributed by atoms with Crippen LogP contribution in [-0.4, -0.2) is 49.1 Å². The number of hydrogen-bond donors (Lipinski definition) is 1. The van der Waals surface area contributed by atoms with Gasteiger partial charge in [0.15, 0.2) is 0 Å². The minimum absolute atomic E-state index is 0.688. The predicted molar refractivity (Wildman–Crippen MR) is 56.9 cm³/mol. The van der Waals surface area contributed by atoms with Gasteiger partial charge in [-0.05, 0) is 31.9 Å². The molecule has 1 rings (SSSR count). The molecule has 2 nitrogen and oxygen atoms in total. The summed E-state index contributed by atoms with van der Waals surface area (Å²) in [6, 6.07) is 0.688. The average Bonchev–Trinajstić information content (AvgIpc) is 2.05. The van der Waals surface area contributed by atoms with Crippen molar-refractivity contribution in [3.05, 3.63) is 0 Å². The van der Waals surface area contributed by atoms with Gasteiger partial charge in [0.05, 0.1) is 0 Å². The van der Waals surface area contributed by atoms with Gasteiger partial charge in [0, 0.05) is 25.7 Å². The van der Waals surface area contributed by atoms with Crippen LogP contribution in [-0.2, 0) is 0 Å². The van der Waals surface area contributed by atoms with Crippen LogP contribution in [0.2, 0.25) is 0 Å². The number of nitrogens with zero attached hydrogens (tertiary/aromatic N) is 1. The van der Waals surface area contributed by atoms with Crippen molar-refractivity contribution in [2.24, 2.45) is 0 Å². The van der Waals surface area contributed by atoms with E-state index in [1.807, 2.05) is 11.8 Å². The first-order valence-corrected chi connectivity index (χ1v) is 6.17. The van der Waals surface area contributed by atoms with Crippen molar-refractivity contribution in [2.45, 2.75) is 19.4 Å². The standard InChI is InChI=1S/C9H20N2S/c1-9-8-11(6-4-10-9)5-3-7-12-2/h9-10H,3-8H2,1-2H3/t9-/m0/s1. The number of rotatable bonds is 4. The van der Waals surface area contributed by atoms with E-state index in [4.69, 9.17) is 0 Å². The van der Waals surface area contributed by atoms with Crippen LogP contribution in [0.25, 0.3) is 0 Å². The molecule has 1 atom stereocenters. The van der Waals surface area contributed by atoms with Crippen molar-refractivity contribution in [2.75, 3.05) is 38.2 Å². The smallest absolute Gasteiger partial charge is 0.0167 e. The maximum Gasteiger partial charge on any atom is 0.0167 e. The van der Waals surface area contributed by atoms with Gasteiger partial charge in [-0.3, -0.25) is 0 Å². The van der Waals surface area contributed by atoms with E-state index in [1.54, 1.807) is 0 Å². The largest absolute Gasteiger partial charge is 0.312 e. The topological polar surface area (TPSA) is 15.3 Å². The Hall–Kier alpha value is 0.270. The normalized spacial score (nSPS) is 26.0. The van der Waals surface area contributed by atoms with E-state index in [0.29, 0.717) is 6.04 Å². The Bertz CT molecular complexity index is 119. The summed E-state index contributed by atoms with van der Waals surface area (Å²) in [5.41, 5.74) is 0. The second kappa shape index (κ2) is 5.84. The van der Waals surface area contributed by atoms with Crippen LogP contribution in [0.15, 0.2) is 0 Å². The fourth-order valence-corrected chi connectivity index (χ4v) is 2.07. The molecule has 1 saturated heterocycles. The zero-order valence-electron chi connectivity index (χ0n) is 8.18. The maximum absolute atomic E-state index is 3.46. The number of nitrogens with one attached hydrogen (secondary N) is 1. The van der Waals surface area contributed by atoms with Crippen molar-refractivity contribution < 1.29 is 0 Å². The summed E-state index contributed by atoms with van der Waals surface area (Å²) in [6.07, 6.45) is 3.52. The molecule has 0 spiro atoms. The minimum atomic E-state index is 0.688. The second-order valence-corrected chi connectivity index (χ2v) is 4.49. The lowest BCUT2D eigenvalue weighted by Crippen LogP contribution is -2.49. The van der Waals surface area contributed by atoms with E-state index < -0.39 is 0 Å². The molecule has 0 aromatic rings. The van der Waals surface area contributed by atoms with Crippen LogP contribution in [0.4, 0.5) is 0 Å². The van der Waals surface area contributed by atoms with E-state index in [2.05, 4.69) is 23.4 Å². The molecule has 72 valence electrons. The maximum atomic E-state index is 3.46. The first-order chi connectivity index (χ1) is 5.83.